The van der Waals surface area contributed by atoms with E-state index >= 15 is 0 Å². The van der Waals surface area contributed by atoms with E-state index in [1.807, 2.05) is 38.1 Å². The molecule has 2 aromatic carbocycles. The van der Waals surface area contributed by atoms with Crippen molar-refractivity contribution in [1.29, 1.82) is 0 Å². The Morgan fingerprint density at radius 2 is 1.71 bits per heavy atom. The SMILES string of the molecule is COCCOc1ccc(S(=O)(=O)NC(C)c2ccccc2C)cc1. The summed E-state index contributed by atoms with van der Waals surface area (Å²) < 4.78 is 38.1. The van der Waals surface area contributed by atoms with Crippen LogP contribution >= 0.6 is 0 Å². The summed E-state index contributed by atoms with van der Waals surface area (Å²) in [6.07, 6.45) is 0. The fraction of sp³-hybridized carbons (Fsp3) is 0.333. The summed E-state index contributed by atoms with van der Waals surface area (Å²) in [5, 5.41) is 0. The van der Waals surface area contributed by atoms with Crippen LogP contribution in [0, 0.1) is 6.92 Å². The van der Waals surface area contributed by atoms with Crippen molar-refractivity contribution in [3.63, 3.8) is 0 Å². The van der Waals surface area contributed by atoms with Crippen LogP contribution in [0.2, 0.25) is 0 Å². The van der Waals surface area contributed by atoms with E-state index in [0.29, 0.717) is 19.0 Å². The average Bonchev–Trinajstić information content (AvgIpc) is 2.55. The van der Waals surface area contributed by atoms with Gasteiger partial charge in [0.1, 0.15) is 12.4 Å². The summed E-state index contributed by atoms with van der Waals surface area (Å²) in [6.45, 7) is 4.70. The maximum atomic E-state index is 12.5. The Bertz CT molecular complexity index is 757. The second-order valence-electron chi connectivity index (χ2n) is 5.51. The number of hydrogen-bond acceptors (Lipinski definition) is 4. The fourth-order valence-electron chi connectivity index (χ4n) is 2.39. The Morgan fingerprint density at radius 1 is 1.04 bits per heavy atom. The highest BCUT2D eigenvalue weighted by Crippen LogP contribution is 2.21. The normalized spacial score (nSPS) is 12.8. The van der Waals surface area contributed by atoms with Gasteiger partial charge in [-0.25, -0.2) is 13.1 Å². The molecule has 2 aromatic rings. The minimum absolute atomic E-state index is 0.210. The molecule has 24 heavy (non-hydrogen) atoms. The lowest BCUT2D eigenvalue weighted by Crippen LogP contribution is -2.27. The number of sulfonamides is 1. The molecule has 1 unspecified atom stereocenters. The molecular weight excluding hydrogens is 326 g/mol. The van der Waals surface area contributed by atoms with E-state index in [1.165, 1.54) is 12.1 Å². The van der Waals surface area contributed by atoms with Crippen molar-refractivity contribution in [2.75, 3.05) is 20.3 Å². The van der Waals surface area contributed by atoms with E-state index in [9.17, 15) is 8.42 Å². The summed E-state index contributed by atoms with van der Waals surface area (Å²) >= 11 is 0. The van der Waals surface area contributed by atoms with E-state index in [1.54, 1.807) is 19.2 Å². The third kappa shape index (κ3) is 4.80. The van der Waals surface area contributed by atoms with Crippen LogP contribution in [0.15, 0.2) is 53.4 Å². The maximum Gasteiger partial charge on any atom is 0.241 e. The largest absolute Gasteiger partial charge is 0.491 e. The molecule has 6 heteroatoms. The van der Waals surface area contributed by atoms with E-state index in [0.717, 1.165) is 11.1 Å². The smallest absolute Gasteiger partial charge is 0.241 e. The summed E-state index contributed by atoms with van der Waals surface area (Å²) in [7, 11) is -2.00. The van der Waals surface area contributed by atoms with Crippen molar-refractivity contribution in [1.82, 2.24) is 4.72 Å². The van der Waals surface area contributed by atoms with Gasteiger partial charge in [-0.2, -0.15) is 0 Å². The number of methoxy groups -OCH3 is 1. The lowest BCUT2D eigenvalue weighted by molar-refractivity contribution is 0.146. The van der Waals surface area contributed by atoms with Gasteiger partial charge < -0.3 is 9.47 Å². The summed E-state index contributed by atoms with van der Waals surface area (Å²) in [6, 6.07) is 13.8. The zero-order valence-corrected chi connectivity index (χ0v) is 15.0. The molecule has 0 aliphatic carbocycles. The second kappa shape index (κ2) is 8.28. The molecule has 0 amide bonds. The van der Waals surface area contributed by atoms with Gasteiger partial charge in [-0.15, -0.1) is 0 Å². The van der Waals surface area contributed by atoms with E-state index in [-0.39, 0.29) is 10.9 Å². The molecule has 0 spiro atoms. The third-order valence-electron chi connectivity index (χ3n) is 3.68. The van der Waals surface area contributed by atoms with Gasteiger partial charge in [0, 0.05) is 13.2 Å². The molecule has 5 nitrogen and oxygen atoms in total. The van der Waals surface area contributed by atoms with Crippen molar-refractivity contribution in [3.8, 4) is 5.75 Å². The fourth-order valence-corrected chi connectivity index (χ4v) is 3.62. The van der Waals surface area contributed by atoms with Crippen molar-refractivity contribution >= 4 is 10.0 Å². The van der Waals surface area contributed by atoms with Crippen molar-refractivity contribution in [2.24, 2.45) is 0 Å². The molecule has 2 rings (SSSR count). The van der Waals surface area contributed by atoms with Gasteiger partial charge in [-0.05, 0) is 49.2 Å². The van der Waals surface area contributed by atoms with Crippen LogP contribution < -0.4 is 9.46 Å². The number of aryl methyl sites for hydroxylation is 1. The van der Waals surface area contributed by atoms with Gasteiger partial charge in [0.05, 0.1) is 11.5 Å². The van der Waals surface area contributed by atoms with Gasteiger partial charge >= 0.3 is 0 Å². The minimum Gasteiger partial charge on any atom is -0.491 e. The number of ether oxygens (including phenoxy) is 2. The Kier molecular flexibility index (Phi) is 6.36. The Hall–Kier alpha value is -1.89. The molecule has 0 aromatic heterocycles. The molecule has 0 aliphatic heterocycles. The Labute approximate surface area is 143 Å². The van der Waals surface area contributed by atoms with Gasteiger partial charge in [0.15, 0.2) is 0 Å². The minimum atomic E-state index is -3.60. The number of rotatable bonds is 8. The number of hydrogen-bond donors (Lipinski definition) is 1. The van der Waals surface area contributed by atoms with Gasteiger partial charge in [-0.3, -0.25) is 0 Å². The third-order valence-corrected chi connectivity index (χ3v) is 5.23. The van der Waals surface area contributed by atoms with Gasteiger partial charge in [0.25, 0.3) is 0 Å². The average molecular weight is 349 g/mol. The topological polar surface area (TPSA) is 64.6 Å². The molecule has 1 N–H and O–H groups in total. The number of benzene rings is 2. The molecule has 0 bridgehead atoms. The van der Waals surface area contributed by atoms with Crippen LogP contribution in [-0.4, -0.2) is 28.7 Å². The zero-order valence-electron chi connectivity index (χ0n) is 14.2. The van der Waals surface area contributed by atoms with Crippen LogP contribution in [0.25, 0.3) is 0 Å². The van der Waals surface area contributed by atoms with Crippen LogP contribution in [-0.2, 0) is 14.8 Å². The standard InChI is InChI=1S/C18H23NO4S/c1-14-6-4-5-7-18(14)15(2)19-24(20,21)17-10-8-16(9-11-17)23-13-12-22-3/h4-11,15,19H,12-13H2,1-3H3. The predicted molar refractivity (Wildman–Crippen MR) is 93.7 cm³/mol. The summed E-state index contributed by atoms with van der Waals surface area (Å²) in [5.74, 6) is 0.609. The van der Waals surface area contributed by atoms with Crippen molar-refractivity contribution < 1.29 is 17.9 Å². The van der Waals surface area contributed by atoms with Crippen LogP contribution in [0.4, 0.5) is 0 Å². The van der Waals surface area contributed by atoms with Crippen molar-refractivity contribution in [3.05, 3.63) is 59.7 Å². The highest BCUT2D eigenvalue weighted by Gasteiger charge is 2.19. The van der Waals surface area contributed by atoms with E-state index in [2.05, 4.69) is 4.72 Å². The lowest BCUT2D eigenvalue weighted by Gasteiger charge is -2.17. The second-order valence-corrected chi connectivity index (χ2v) is 7.23. The monoisotopic (exact) mass is 349 g/mol. The number of nitrogens with one attached hydrogen (secondary N) is 1. The van der Waals surface area contributed by atoms with Crippen LogP contribution in [0.5, 0.6) is 5.75 Å². The molecule has 0 radical (unpaired) electrons. The molecule has 0 aliphatic rings. The first-order valence-corrected chi connectivity index (χ1v) is 9.22. The maximum absolute atomic E-state index is 12.5. The summed E-state index contributed by atoms with van der Waals surface area (Å²) in [4.78, 5) is 0.210. The molecule has 0 heterocycles. The Morgan fingerprint density at radius 3 is 2.33 bits per heavy atom. The Balaban J connectivity index is 2.08. The molecule has 0 fully saturated rings. The van der Waals surface area contributed by atoms with Gasteiger partial charge in [-0.1, -0.05) is 24.3 Å². The molecule has 130 valence electrons. The lowest BCUT2D eigenvalue weighted by atomic mass is 10.0. The molecule has 0 saturated heterocycles. The predicted octanol–water partition coefficient (Wildman–Crippen LogP) is 3.06. The molecular formula is C18H23NO4S. The molecule has 1 atom stereocenters. The van der Waals surface area contributed by atoms with Crippen LogP contribution in [0.3, 0.4) is 0 Å². The van der Waals surface area contributed by atoms with Crippen LogP contribution in [0.1, 0.15) is 24.1 Å². The first-order chi connectivity index (χ1) is 11.4. The highest BCUT2D eigenvalue weighted by molar-refractivity contribution is 7.89. The summed E-state index contributed by atoms with van der Waals surface area (Å²) in [5.41, 5.74) is 2.01. The van der Waals surface area contributed by atoms with E-state index < -0.39 is 10.0 Å². The first-order valence-electron chi connectivity index (χ1n) is 7.73. The van der Waals surface area contributed by atoms with Gasteiger partial charge in [0.2, 0.25) is 10.0 Å². The van der Waals surface area contributed by atoms with Crippen molar-refractivity contribution in [2.45, 2.75) is 24.8 Å². The first kappa shape index (κ1) is 18.4. The quantitative estimate of drug-likeness (QED) is 0.744. The zero-order chi connectivity index (χ0) is 17.6. The highest BCUT2D eigenvalue weighted by atomic mass is 32.2. The molecule has 0 saturated carbocycles. The van der Waals surface area contributed by atoms with E-state index in [4.69, 9.17) is 9.47 Å².